The molecule has 2 atom stereocenters. The number of aryl methyl sites for hydroxylation is 1. The van der Waals surface area contributed by atoms with Gasteiger partial charge in [0, 0.05) is 47.9 Å². The maximum atomic E-state index is 10.8. The molecule has 0 radical (unpaired) electrons. The van der Waals surface area contributed by atoms with Gasteiger partial charge >= 0.3 is 0 Å². The van der Waals surface area contributed by atoms with E-state index in [9.17, 15) is 5.11 Å². The third kappa shape index (κ3) is 3.39. The van der Waals surface area contributed by atoms with Gasteiger partial charge in [0.1, 0.15) is 0 Å². The number of fused-ring (bicyclic) bond motifs is 1. The molecule has 0 spiro atoms. The van der Waals surface area contributed by atoms with Crippen LogP contribution in [-0.2, 0) is 12.8 Å². The third-order valence-corrected chi connectivity index (χ3v) is 7.21. The average molecular weight is 462 g/mol. The Labute approximate surface area is 170 Å². The SMILES string of the molecule is Cc1cccc(N2CCN(C3Cc4c(I)cccc4CC3O)CC2)c1C. The van der Waals surface area contributed by atoms with Gasteiger partial charge in [0.05, 0.1) is 6.10 Å². The van der Waals surface area contributed by atoms with Crippen molar-refractivity contribution in [1.29, 1.82) is 0 Å². The quantitative estimate of drug-likeness (QED) is 0.692. The van der Waals surface area contributed by atoms with Crippen molar-refractivity contribution in [2.24, 2.45) is 0 Å². The van der Waals surface area contributed by atoms with Crippen molar-refractivity contribution in [1.82, 2.24) is 4.90 Å². The number of benzene rings is 2. The van der Waals surface area contributed by atoms with Crippen LogP contribution in [0.4, 0.5) is 5.69 Å². The Hall–Kier alpha value is -1.11. The second kappa shape index (κ2) is 7.49. The molecule has 0 aromatic heterocycles. The van der Waals surface area contributed by atoms with Crippen LogP contribution < -0.4 is 4.90 Å². The maximum Gasteiger partial charge on any atom is 0.0739 e. The molecule has 1 aliphatic heterocycles. The van der Waals surface area contributed by atoms with Crippen molar-refractivity contribution in [3.63, 3.8) is 0 Å². The number of halogens is 1. The van der Waals surface area contributed by atoms with Crippen LogP contribution in [0.25, 0.3) is 0 Å². The lowest BCUT2D eigenvalue weighted by molar-refractivity contribution is 0.0393. The van der Waals surface area contributed by atoms with Crippen molar-refractivity contribution < 1.29 is 5.11 Å². The molecule has 0 bridgehead atoms. The van der Waals surface area contributed by atoms with Gasteiger partial charge in [-0.2, -0.15) is 0 Å². The van der Waals surface area contributed by atoms with Crippen molar-refractivity contribution in [3.05, 3.63) is 62.2 Å². The highest BCUT2D eigenvalue weighted by atomic mass is 127. The van der Waals surface area contributed by atoms with E-state index in [2.05, 4.69) is 82.6 Å². The number of aliphatic hydroxyl groups excluding tert-OH is 1. The largest absolute Gasteiger partial charge is 0.391 e. The van der Waals surface area contributed by atoms with E-state index in [0.717, 1.165) is 39.0 Å². The number of hydrogen-bond donors (Lipinski definition) is 1. The smallest absolute Gasteiger partial charge is 0.0739 e. The lowest BCUT2D eigenvalue weighted by atomic mass is 9.85. The minimum atomic E-state index is -0.257. The van der Waals surface area contributed by atoms with Crippen LogP contribution in [-0.4, -0.2) is 48.3 Å². The highest BCUT2D eigenvalue weighted by molar-refractivity contribution is 14.1. The van der Waals surface area contributed by atoms with E-state index in [1.54, 1.807) is 0 Å². The van der Waals surface area contributed by atoms with Gasteiger partial charge in [-0.25, -0.2) is 0 Å². The number of nitrogens with zero attached hydrogens (tertiary/aromatic N) is 2. The Morgan fingerprint density at radius 3 is 2.46 bits per heavy atom. The summed E-state index contributed by atoms with van der Waals surface area (Å²) in [6, 6.07) is 13.3. The molecule has 1 heterocycles. The van der Waals surface area contributed by atoms with Crippen LogP contribution in [0.15, 0.2) is 36.4 Å². The molecule has 3 nitrogen and oxygen atoms in total. The lowest BCUT2D eigenvalue weighted by Gasteiger charge is -2.44. The molecular weight excluding hydrogens is 435 g/mol. The number of piperazine rings is 1. The van der Waals surface area contributed by atoms with Crippen LogP contribution in [0, 0.1) is 17.4 Å². The summed E-state index contributed by atoms with van der Waals surface area (Å²) in [5, 5.41) is 10.8. The number of aliphatic hydroxyl groups is 1. The maximum absolute atomic E-state index is 10.8. The Morgan fingerprint density at radius 1 is 0.962 bits per heavy atom. The normalized spacial score (nSPS) is 23.8. The van der Waals surface area contributed by atoms with Crippen molar-refractivity contribution >= 4 is 28.3 Å². The zero-order valence-electron chi connectivity index (χ0n) is 15.6. The molecule has 2 aromatic rings. The molecule has 1 saturated heterocycles. The monoisotopic (exact) mass is 462 g/mol. The Morgan fingerprint density at radius 2 is 1.69 bits per heavy atom. The predicted molar refractivity (Wildman–Crippen MR) is 116 cm³/mol. The summed E-state index contributed by atoms with van der Waals surface area (Å²) in [6.45, 7) is 8.52. The van der Waals surface area contributed by atoms with E-state index in [1.807, 2.05) is 0 Å². The summed E-state index contributed by atoms with van der Waals surface area (Å²) in [4.78, 5) is 5.02. The molecule has 138 valence electrons. The standard InChI is InChI=1S/C22H27IN2O/c1-15-5-3-8-20(16(15)2)24-9-11-25(12-10-24)21-14-18-17(13-22(21)26)6-4-7-19(18)23/h3-8,21-22,26H,9-14H2,1-2H3. The molecule has 2 aliphatic rings. The summed E-state index contributed by atoms with van der Waals surface area (Å²) in [5.41, 5.74) is 6.89. The van der Waals surface area contributed by atoms with Crippen LogP contribution in [0.3, 0.4) is 0 Å². The molecule has 1 aliphatic carbocycles. The van der Waals surface area contributed by atoms with Gasteiger partial charge in [-0.3, -0.25) is 4.90 Å². The molecular formula is C22H27IN2O. The average Bonchev–Trinajstić information content (AvgIpc) is 2.64. The molecule has 0 amide bonds. The van der Waals surface area contributed by atoms with E-state index < -0.39 is 0 Å². The predicted octanol–water partition coefficient (Wildman–Crippen LogP) is 3.56. The van der Waals surface area contributed by atoms with Gasteiger partial charge in [0.15, 0.2) is 0 Å². The van der Waals surface area contributed by atoms with Crippen LogP contribution >= 0.6 is 22.6 Å². The fourth-order valence-electron chi connectivity index (χ4n) is 4.47. The first-order valence-electron chi connectivity index (χ1n) is 9.54. The van der Waals surface area contributed by atoms with Gasteiger partial charge in [-0.05, 0) is 77.2 Å². The first-order chi connectivity index (χ1) is 12.5. The fourth-order valence-corrected chi connectivity index (χ4v) is 5.25. The molecule has 26 heavy (non-hydrogen) atoms. The minimum absolute atomic E-state index is 0.249. The highest BCUT2D eigenvalue weighted by Gasteiger charge is 2.34. The van der Waals surface area contributed by atoms with Gasteiger partial charge in [0.2, 0.25) is 0 Å². The molecule has 4 heteroatoms. The number of anilines is 1. The van der Waals surface area contributed by atoms with E-state index >= 15 is 0 Å². The Balaban J connectivity index is 1.47. The molecule has 1 fully saturated rings. The van der Waals surface area contributed by atoms with Crippen molar-refractivity contribution in [3.8, 4) is 0 Å². The van der Waals surface area contributed by atoms with Gasteiger partial charge in [-0.15, -0.1) is 0 Å². The second-order valence-electron chi connectivity index (χ2n) is 7.66. The van der Waals surface area contributed by atoms with Crippen molar-refractivity contribution in [2.45, 2.75) is 38.8 Å². The second-order valence-corrected chi connectivity index (χ2v) is 8.82. The fraction of sp³-hybridized carbons (Fsp3) is 0.455. The summed E-state index contributed by atoms with van der Waals surface area (Å²) >= 11 is 2.44. The summed E-state index contributed by atoms with van der Waals surface area (Å²) < 4.78 is 1.34. The van der Waals surface area contributed by atoms with Gasteiger partial charge in [-0.1, -0.05) is 24.3 Å². The molecule has 4 rings (SSSR count). The molecule has 2 aromatic carbocycles. The Kier molecular flexibility index (Phi) is 5.26. The molecule has 2 unspecified atom stereocenters. The van der Waals surface area contributed by atoms with Crippen LogP contribution in [0.5, 0.6) is 0 Å². The third-order valence-electron chi connectivity index (χ3n) is 6.20. The first-order valence-corrected chi connectivity index (χ1v) is 10.6. The van der Waals surface area contributed by atoms with E-state index in [4.69, 9.17) is 0 Å². The van der Waals surface area contributed by atoms with Gasteiger partial charge in [0.25, 0.3) is 0 Å². The first kappa shape index (κ1) is 18.3. The highest BCUT2D eigenvalue weighted by Crippen LogP contribution is 2.30. The van der Waals surface area contributed by atoms with Crippen LogP contribution in [0.1, 0.15) is 22.3 Å². The molecule has 0 saturated carbocycles. The number of rotatable bonds is 2. The number of hydrogen-bond acceptors (Lipinski definition) is 3. The minimum Gasteiger partial charge on any atom is -0.391 e. The summed E-state index contributed by atoms with van der Waals surface area (Å²) in [5.74, 6) is 0. The van der Waals surface area contributed by atoms with Gasteiger partial charge < -0.3 is 10.0 Å². The van der Waals surface area contributed by atoms with Crippen molar-refractivity contribution in [2.75, 3.05) is 31.1 Å². The zero-order chi connectivity index (χ0) is 18.3. The van der Waals surface area contributed by atoms with E-state index in [1.165, 1.54) is 31.5 Å². The summed E-state index contributed by atoms with van der Waals surface area (Å²) in [7, 11) is 0. The summed E-state index contributed by atoms with van der Waals surface area (Å²) in [6.07, 6.45) is 1.50. The van der Waals surface area contributed by atoms with E-state index in [0.29, 0.717) is 0 Å². The molecule has 1 N–H and O–H groups in total. The van der Waals surface area contributed by atoms with Crippen LogP contribution in [0.2, 0.25) is 0 Å². The Bertz CT molecular complexity index is 799. The van der Waals surface area contributed by atoms with E-state index in [-0.39, 0.29) is 12.1 Å². The lowest BCUT2D eigenvalue weighted by Crippen LogP contribution is -2.56. The zero-order valence-corrected chi connectivity index (χ0v) is 17.7. The topological polar surface area (TPSA) is 26.7 Å².